The highest BCUT2D eigenvalue weighted by molar-refractivity contribution is 7.89. The summed E-state index contributed by atoms with van der Waals surface area (Å²) in [5.41, 5.74) is 0.534. The van der Waals surface area contributed by atoms with E-state index in [4.69, 9.17) is 21.4 Å². The molecule has 106 valence electrons. The first-order valence-electron chi connectivity index (χ1n) is 5.39. The van der Waals surface area contributed by atoms with Crippen LogP contribution < -0.4 is 4.72 Å². The Labute approximate surface area is 116 Å². The van der Waals surface area contributed by atoms with E-state index in [1.807, 2.05) is 0 Å². The molecule has 0 amide bonds. The van der Waals surface area contributed by atoms with E-state index >= 15 is 0 Å². The predicted molar refractivity (Wildman–Crippen MR) is 69.8 cm³/mol. The Morgan fingerprint density at radius 2 is 2.16 bits per heavy atom. The minimum Gasteiger partial charge on any atom is -0.480 e. The molecule has 0 bridgehead atoms. The van der Waals surface area contributed by atoms with Gasteiger partial charge in [0.05, 0.1) is 11.6 Å². The van der Waals surface area contributed by atoms with Crippen molar-refractivity contribution in [3.05, 3.63) is 28.8 Å². The molecule has 0 unspecified atom stereocenters. The average Bonchev–Trinajstić information content (AvgIpc) is 2.27. The lowest BCUT2D eigenvalue weighted by Gasteiger charge is -2.10. The quantitative estimate of drug-likeness (QED) is 0.734. The number of carboxylic acid groups (broad SMARTS) is 1. The molecule has 8 heteroatoms. The van der Waals surface area contributed by atoms with Crippen LogP contribution in [0.3, 0.4) is 0 Å². The van der Waals surface area contributed by atoms with E-state index in [1.165, 1.54) is 6.07 Å². The lowest BCUT2D eigenvalue weighted by Crippen LogP contribution is -2.28. The first-order chi connectivity index (χ1) is 8.84. The highest BCUT2D eigenvalue weighted by atomic mass is 35.5. The number of nitrogens with one attached hydrogen (secondary N) is 1. The molecule has 1 aromatic rings. The molecule has 19 heavy (non-hydrogen) atoms. The van der Waals surface area contributed by atoms with Crippen molar-refractivity contribution in [2.45, 2.75) is 11.8 Å². The van der Waals surface area contributed by atoms with Gasteiger partial charge in [-0.3, -0.25) is 0 Å². The monoisotopic (exact) mass is 307 g/mol. The summed E-state index contributed by atoms with van der Waals surface area (Å²) in [5.74, 6) is -1.11. The fraction of sp³-hybridized carbons (Fsp3) is 0.364. The number of carboxylic acids is 1. The predicted octanol–water partition coefficient (Wildman–Crippen LogP) is 1.03. The average molecular weight is 308 g/mol. The SMILES string of the molecule is Cc1cccc(Cl)c1S(=O)(=O)NCCOCC(=O)O. The van der Waals surface area contributed by atoms with Crippen molar-refractivity contribution in [1.82, 2.24) is 4.72 Å². The zero-order valence-corrected chi connectivity index (χ0v) is 11.8. The Bertz CT molecular complexity index is 538. The number of hydrogen-bond donors (Lipinski definition) is 2. The molecule has 0 aliphatic rings. The molecule has 6 nitrogen and oxygen atoms in total. The van der Waals surface area contributed by atoms with E-state index < -0.39 is 22.6 Å². The van der Waals surface area contributed by atoms with Crippen LogP contribution in [-0.4, -0.2) is 39.3 Å². The summed E-state index contributed by atoms with van der Waals surface area (Å²) in [7, 11) is -3.73. The van der Waals surface area contributed by atoms with Crippen LogP contribution in [0, 0.1) is 6.92 Å². The number of halogens is 1. The summed E-state index contributed by atoms with van der Waals surface area (Å²) in [6.45, 7) is 1.11. The van der Waals surface area contributed by atoms with Crippen molar-refractivity contribution >= 4 is 27.6 Å². The number of aryl methyl sites for hydroxylation is 1. The molecule has 0 saturated carbocycles. The topological polar surface area (TPSA) is 92.7 Å². The minimum absolute atomic E-state index is 0.0231. The molecule has 0 heterocycles. The van der Waals surface area contributed by atoms with Gasteiger partial charge in [0, 0.05) is 6.54 Å². The van der Waals surface area contributed by atoms with Crippen molar-refractivity contribution in [1.29, 1.82) is 0 Å². The normalized spacial score (nSPS) is 11.5. The van der Waals surface area contributed by atoms with Gasteiger partial charge in [0.2, 0.25) is 10.0 Å². The van der Waals surface area contributed by atoms with Crippen molar-refractivity contribution in [3.63, 3.8) is 0 Å². The van der Waals surface area contributed by atoms with E-state index in [0.717, 1.165) is 0 Å². The molecule has 2 N–H and O–H groups in total. The van der Waals surface area contributed by atoms with Crippen molar-refractivity contribution < 1.29 is 23.1 Å². The molecule has 0 radical (unpaired) electrons. The fourth-order valence-corrected chi connectivity index (χ4v) is 3.28. The highest BCUT2D eigenvalue weighted by Crippen LogP contribution is 2.24. The maximum absolute atomic E-state index is 12.0. The van der Waals surface area contributed by atoms with Crippen LogP contribution in [0.5, 0.6) is 0 Å². The third-order valence-corrected chi connectivity index (χ3v) is 4.29. The van der Waals surface area contributed by atoms with Crippen molar-refractivity contribution in [2.75, 3.05) is 19.8 Å². The molecule has 0 aliphatic heterocycles. The van der Waals surface area contributed by atoms with Crippen molar-refractivity contribution in [3.8, 4) is 0 Å². The molecule has 1 aromatic carbocycles. The molecule has 1 rings (SSSR count). The Morgan fingerprint density at radius 1 is 1.47 bits per heavy atom. The number of hydrogen-bond acceptors (Lipinski definition) is 4. The van der Waals surface area contributed by atoms with Gasteiger partial charge < -0.3 is 9.84 Å². The summed E-state index contributed by atoms with van der Waals surface area (Å²) in [4.78, 5) is 10.2. The first kappa shape index (κ1) is 15.9. The lowest BCUT2D eigenvalue weighted by atomic mass is 10.2. The van der Waals surface area contributed by atoms with Gasteiger partial charge in [0.1, 0.15) is 11.5 Å². The number of aliphatic carboxylic acids is 1. The molecular weight excluding hydrogens is 294 g/mol. The molecule has 0 aromatic heterocycles. The van der Waals surface area contributed by atoms with Gasteiger partial charge >= 0.3 is 5.97 Å². The molecule has 0 atom stereocenters. The summed E-state index contributed by atoms with van der Waals surface area (Å²) in [6.07, 6.45) is 0. The van der Waals surface area contributed by atoms with Gasteiger partial charge in [-0.2, -0.15) is 0 Å². The second-order valence-corrected chi connectivity index (χ2v) is 5.84. The number of ether oxygens (including phenoxy) is 1. The number of carbonyl (C=O) groups is 1. The third-order valence-electron chi connectivity index (χ3n) is 2.20. The maximum Gasteiger partial charge on any atom is 0.329 e. The van der Waals surface area contributed by atoms with E-state index in [9.17, 15) is 13.2 Å². The van der Waals surface area contributed by atoms with Gasteiger partial charge in [-0.1, -0.05) is 23.7 Å². The van der Waals surface area contributed by atoms with E-state index in [-0.39, 0.29) is 23.1 Å². The summed E-state index contributed by atoms with van der Waals surface area (Å²) in [5, 5.41) is 8.48. The summed E-state index contributed by atoms with van der Waals surface area (Å²) >= 11 is 5.87. The number of benzene rings is 1. The van der Waals surface area contributed by atoms with Gasteiger partial charge in [-0.15, -0.1) is 0 Å². The van der Waals surface area contributed by atoms with E-state index in [1.54, 1.807) is 19.1 Å². The third kappa shape index (κ3) is 4.79. The van der Waals surface area contributed by atoms with Crippen LogP contribution in [0.1, 0.15) is 5.56 Å². The second kappa shape index (κ2) is 6.85. The summed E-state index contributed by atoms with van der Waals surface area (Å²) < 4.78 is 31.0. The highest BCUT2D eigenvalue weighted by Gasteiger charge is 2.19. The molecular formula is C11H14ClNO5S. The molecule has 0 aliphatic carbocycles. The first-order valence-corrected chi connectivity index (χ1v) is 7.25. The fourth-order valence-electron chi connectivity index (χ4n) is 1.44. The molecule has 0 spiro atoms. The van der Waals surface area contributed by atoms with Crippen molar-refractivity contribution in [2.24, 2.45) is 0 Å². The Kier molecular flexibility index (Phi) is 5.74. The zero-order chi connectivity index (χ0) is 14.5. The van der Waals surface area contributed by atoms with E-state index in [0.29, 0.717) is 5.56 Å². The number of sulfonamides is 1. The van der Waals surface area contributed by atoms with Crippen LogP contribution in [0.15, 0.2) is 23.1 Å². The minimum atomic E-state index is -3.73. The largest absolute Gasteiger partial charge is 0.480 e. The Morgan fingerprint density at radius 3 is 2.74 bits per heavy atom. The van der Waals surface area contributed by atoms with Gasteiger partial charge in [-0.25, -0.2) is 17.9 Å². The Hall–Kier alpha value is -1.15. The van der Waals surface area contributed by atoms with Gasteiger partial charge in [0.15, 0.2) is 0 Å². The van der Waals surface area contributed by atoms with Crippen LogP contribution in [0.2, 0.25) is 5.02 Å². The van der Waals surface area contributed by atoms with E-state index in [2.05, 4.69) is 4.72 Å². The second-order valence-electron chi connectivity index (χ2n) is 3.73. The lowest BCUT2D eigenvalue weighted by molar-refractivity contribution is -0.142. The van der Waals surface area contributed by atoms with Crippen LogP contribution in [0.25, 0.3) is 0 Å². The molecule has 0 fully saturated rings. The molecule has 0 saturated heterocycles. The smallest absolute Gasteiger partial charge is 0.329 e. The van der Waals surface area contributed by atoms with Gasteiger partial charge in [-0.05, 0) is 18.6 Å². The van der Waals surface area contributed by atoms with Gasteiger partial charge in [0.25, 0.3) is 0 Å². The van der Waals surface area contributed by atoms with Crippen LogP contribution in [-0.2, 0) is 19.6 Å². The maximum atomic E-state index is 12.0. The summed E-state index contributed by atoms with van der Waals surface area (Å²) in [6, 6.07) is 4.79. The zero-order valence-electron chi connectivity index (χ0n) is 10.2. The van der Waals surface area contributed by atoms with Crippen LogP contribution in [0.4, 0.5) is 0 Å². The standard InChI is InChI=1S/C11H14ClNO5S/c1-8-3-2-4-9(12)11(8)19(16,17)13-5-6-18-7-10(14)15/h2-4,13H,5-7H2,1H3,(H,14,15). The Balaban J connectivity index is 2.64. The number of rotatable bonds is 7. The van der Waals surface area contributed by atoms with Crippen LogP contribution >= 0.6 is 11.6 Å².